The fraction of sp³-hybridized carbons (Fsp3) is 0.455. The van der Waals surface area contributed by atoms with E-state index in [2.05, 4.69) is 26.7 Å². The van der Waals surface area contributed by atoms with Gasteiger partial charge in [0.1, 0.15) is 17.0 Å². The van der Waals surface area contributed by atoms with Crippen LogP contribution in [0.5, 0.6) is 0 Å². The van der Waals surface area contributed by atoms with Crippen LogP contribution in [0, 0.1) is 0 Å². The number of hydrogen-bond donors (Lipinski definition) is 1. The van der Waals surface area contributed by atoms with Crippen molar-refractivity contribution in [3.8, 4) is 0 Å². The van der Waals surface area contributed by atoms with Gasteiger partial charge in [0.05, 0.1) is 5.39 Å². The van der Waals surface area contributed by atoms with E-state index in [1.54, 1.807) is 17.7 Å². The van der Waals surface area contributed by atoms with Crippen molar-refractivity contribution in [3.05, 3.63) is 17.8 Å². The molecule has 0 amide bonds. The molecule has 0 aromatic carbocycles. The highest BCUT2D eigenvalue weighted by Gasteiger charge is 2.16. The lowest BCUT2D eigenvalue weighted by molar-refractivity contribution is 0.751. The Hall–Kier alpha value is -1.16. The summed E-state index contributed by atoms with van der Waals surface area (Å²) < 4.78 is 0. The molecule has 78 valence electrons. The molecule has 15 heavy (non-hydrogen) atoms. The zero-order chi connectivity index (χ0) is 10.1. The summed E-state index contributed by atoms with van der Waals surface area (Å²) in [7, 11) is 0. The number of fused-ring (bicyclic) bond motifs is 1. The summed E-state index contributed by atoms with van der Waals surface area (Å²) in [5.41, 5.74) is 0. The highest BCUT2D eigenvalue weighted by atomic mass is 32.1. The van der Waals surface area contributed by atoms with Gasteiger partial charge in [0, 0.05) is 6.04 Å². The summed E-state index contributed by atoms with van der Waals surface area (Å²) >= 11 is 1.67. The van der Waals surface area contributed by atoms with Crippen LogP contribution in [0.15, 0.2) is 17.8 Å². The second-order valence-electron chi connectivity index (χ2n) is 3.99. The minimum absolute atomic E-state index is 0.614. The SMILES string of the molecule is c1nc(NC2CCCC2)c2ccsc2n1. The summed E-state index contributed by atoms with van der Waals surface area (Å²) in [6.07, 6.45) is 6.88. The average Bonchev–Trinajstić information content (AvgIpc) is 2.87. The summed E-state index contributed by atoms with van der Waals surface area (Å²) in [6, 6.07) is 2.71. The van der Waals surface area contributed by atoms with E-state index in [4.69, 9.17) is 0 Å². The van der Waals surface area contributed by atoms with Gasteiger partial charge in [-0.25, -0.2) is 9.97 Å². The number of thiophene rings is 1. The van der Waals surface area contributed by atoms with Gasteiger partial charge in [-0.1, -0.05) is 12.8 Å². The van der Waals surface area contributed by atoms with Crippen LogP contribution in [0.1, 0.15) is 25.7 Å². The van der Waals surface area contributed by atoms with Crippen LogP contribution in [0.2, 0.25) is 0 Å². The smallest absolute Gasteiger partial charge is 0.138 e. The number of anilines is 1. The molecule has 1 saturated carbocycles. The highest BCUT2D eigenvalue weighted by molar-refractivity contribution is 7.16. The third-order valence-electron chi connectivity index (χ3n) is 2.96. The van der Waals surface area contributed by atoms with Crippen molar-refractivity contribution in [1.29, 1.82) is 0 Å². The fourth-order valence-corrected chi connectivity index (χ4v) is 2.90. The molecule has 2 heterocycles. The van der Waals surface area contributed by atoms with Crippen molar-refractivity contribution in [1.82, 2.24) is 9.97 Å². The lowest BCUT2D eigenvalue weighted by Crippen LogP contribution is -2.15. The molecular weight excluding hydrogens is 206 g/mol. The maximum Gasteiger partial charge on any atom is 0.138 e. The van der Waals surface area contributed by atoms with Crippen LogP contribution in [0.4, 0.5) is 5.82 Å². The minimum Gasteiger partial charge on any atom is -0.367 e. The van der Waals surface area contributed by atoms with E-state index in [0.29, 0.717) is 6.04 Å². The first-order valence-corrected chi connectivity index (χ1v) is 6.26. The number of rotatable bonds is 2. The molecule has 1 aliphatic rings. The monoisotopic (exact) mass is 219 g/mol. The summed E-state index contributed by atoms with van der Waals surface area (Å²) in [5, 5.41) is 6.76. The molecule has 4 heteroatoms. The van der Waals surface area contributed by atoms with Crippen LogP contribution in [-0.2, 0) is 0 Å². The van der Waals surface area contributed by atoms with E-state index in [0.717, 1.165) is 16.0 Å². The Bertz CT molecular complexity index is 460. The molecule has 1 aliphatic carbocycles. The maximum atomic E-state index is 4.33. The van der Waals surface area contributed by atoms with E-state index < -0.39 is 0 Å². The van der Waals surface area contributed by atoms with Crippen molar-refractivity contribution in [2.45, 2.75) is 31.7 Å². The van der Waals surface area contributed by atoms with Crippen LogP contribution in [0.3, 0.4) is 0 Å². The van der Waals surface area contributed by atoms with Crippen molar-refractivity contribution in [2.75, 3.05) is 5.32 Å². The topological polar surface area (TPSA) is 37.8 Å². The van der Waals surface area contributed by atoms with Crippen molar-refractivity contribution >= 4 is 27.4 Å². The Morgan fingerprint density at radius 1 is 1.27 bits per heavy atom. The molecular formula is C11H13N3S. The molecule has 0 aliphatic heterocycles. The van der Waals surface area contributed by atoms with Gasteiger partial charge in [-0.15, -0.1) is 11.3 Å². The normalized spacial score (nSPS) is 17.3. The molecule has 0 saturated heterocycles. The second-order valence-corrected chi connectivity index (χ2v) is 4.88. The quantitative estimate of drug-likeness (QED) is 0.843. The Balaban J connectivity index is 1.92. The third-order valence-corrected chi connectivity index (χ3v) is 3.78. The fourth-order valence-electron chi connectivity index (χ4n) is 2.17. The van der Waals surface area contributed by atoms with Crippen LogP contribution >= 0.6 is 11.3 Å². The number of aromatic nitrogens is 2. The van der Waals surface area contributed by atoms with E-state index in [1.165, 1.54) is 25.7 Å². The molecule has 2 aromatic heterocycles. The minimum atomic E-state index is 0.614. The number of nitrogens with one attached hydrogen (secondary N) is 1. The highest BCUT2D eigenvalue weighted by Crippen LogP contribution is 2.27. The van der Waals surface area contributed by atoms with Gasteiger partial charge in [-0.05, 0) is 24.3 Å². The molecule has 1 N–H and O–H groups in total. The predicted octanol–water partition coefficient (Wildman–Crippen LogP) is 3.05. The zero-order valence-corrected chi connectivity index (χ0v) is 9.26. The van der Waals surface area contributed by atoms with Gasteiger partial charge in [0.25, 0.3) is 0 Å². The third kappa shape index (κ3) is 1.69. The Morgan fingerprint density at radius 3 is 3.00 bits per heavy atom. The van der Waals surface area contributed by atoms with Crippen LogP contribution in [-0.4, -0.2) is 16.0 Å². The van der Waals surface area contributed by atoms with Gasteiger partial charge in [-0.3, -0.25) is 0 Å². The summed E-state index contributed by atoms with van der Waals surface area (Å²) in [5.74, 6) is 1.01. The van der Waals surface area contributed by atoms with Crippen molar-refractivity contribution in [3.63, 3.8) is 0 Å². The standard InChI is InChI=1S/C11H13N3S/c1-2-4-8(3-1)14-10-9-5-6-15-11(9)13-7-12-10/h5-8H,1-4H2,(H,12,13,14). The van der Waals surface area contributed by atoms with Crippen LogP contribution in [0.25, 0.3) is 10.2 Å². The van der Waals surface area contributed by atoms with Gasteiger partial charge in [0.2, 0.25) is 0 Å². The molecule has 3 nitrogen and oxygen atoms in total. The molecule has 2 aromatic rings. The summed E-state index contributed by atoms with van der Waals surface area (Å²) in [4.78, 5) is 9.65. The van der Waals surface area contributed by atoms with E-state index in [1.807, 2.05) is 0 Å². The first-order valence-electron chi connectivity index (χ1n) is 5.38. The number of hydrogen-bond acceptors (Lipinski definition) is 4. The molecule has 0 bridgehead atoms. The van der Waals surface area contributed by atoms with E-state index in [9.17, 15) is 0 Å². The molecule has 1 fully saturated rings. The van der Waals surface area contributed by atoms with Crippen molar-refractivity contribution < 1.29 is 0 Å². The number of nitrogens with zero attached hydrogens (tertiary/aromatic N) is 2. The first-order chi connectivity index (χ1) is 7.43. The van der Waals surface area contributed by atoms with E-state index in [-0.39, 0.29) is 0 Å². The molecule has 0 unspecified atom stereocenters. The van der Waals surface area contributed by atoms with Gasteiger partial charge >= 0.3 is 0 Å². The second kappa shape index (κ2) is 3.77. The lowest BCUT2D eigenvalue weighted by Gasteiger charge is -2.12. The predicted molar refractivity (Wildman–Crippen MR) is 63.3 cm³/mol. The molecule has 3 rings (SSSR count). The van der Waals surface area contributed by atoms with Gasteiger partial charge in [0.15, 0.2) is 0 Å². The maximum absolute atomic E-state index is 4.33. The van der Waals surface area contributed by atoms with E-state index >= 15 is 0 Å². The van der Waals surface area contributed by atoms with Gasteiger partial charge in [-0.2, -0.15) is 0 Å². The Labute approximate surface area is 92.6 Å². The van der Waals surface area contributed by atoms with Gasteiger partial charge < -0.3 is 5.32 Å². The van der Waals surface area contributed by atoms with Crippen LogP contribution < -0.4 is 5.32 Å². The average molecular weight is 219 g/mol. The Kier molecular flexibility index (Phi) is 2.29. The summed E-state index contributed by atoms with van der Waals surface area (Å²) in [6.45, 7) is 0. The molecule has 0 spiro atoms. The molecule has 0 radical (unpaired) electrons. The van der Waals surface area contributed by atoms with Crippen molar-refractivity contribution in [2.24, 2.45) is 0 Å². The molecule has 0 atom stereocenters. The lowest BCUT2D eigenvalue weighted by atomic mass is 10.2. The Morgan fingerprint density at radius 2 is 2.13 bits per heavy atom. The largest absolute Gasteiger partial charge is 0.367 e. The zero-order valence-electron chi connectivity index (χ0n) is 8.44. The first kappa shape index (κ1) is 9.09.